The normalized spacial score (nSPS) is 27.2. The van der Waals surface area contributed by atoms with Gasteiger partial charge in [-0.3, -0.25) is 0 Å². The van der Waals surface area contributed by atoms with Crippen LogP contribution in [0.25, 0.3) is 0 Å². The summed E-state index contributed by atoms with van der Waals surface area (Å²) >= 11 is 0. The quantitative estimate of drug-likeness (QED) is 0.504. The van der Waals surface area contributed by atoms with Gasteiger partial charge in [0.1, 0.15) is 11.9 Å². The van der Waals surface area contributed by atoms with Crippen LogP contribution in [0.15, 0.2) is 12.1 Å². The van der Waals surface area contributed by atoms with Crippen LogP contribution in [0.4, 0.5) is 10.6 Å². The van der Waals surface area contributed by atoms with Crippen LogP contribution in [0.1, 0.15) is 57.2 Å². The third-order valence-corrected chi connectivity index (χ3v) is 7.21. The van der Waals surface area contributed by atoms with Gasteiger partial charge in [-0.1, -0.05) is 6.07 Å². The molecule has 2 amide bonds. The molecule has 3 heterocycles. The molecule has 34 heavy (non-hydrogen) atoms. The minimum Gasteiger partial charge on any atom is -0.480 e. The van der Waals surface area contributed by atoms with E-state index in [-0.39, 0.29) is 30.6 Å². The zero-order valence-corrected chi connectivity index (χ0v) is 20.3. The Labute approximate surface area is 201 Å². The Morgan fingerprint density at radius 3 is 2.79 bits per heavy atom. The molecule has 3 N–H and O–H groups in total. The van der Waals surface area contributed by atoms with E-state index in [1.807, 2.05) is 13.8 Å². The Morgan fingerprint density at radius 2 is 2.06 bits per heavy atom. The number of aromatic nitrogens is 1. The van der Waals surface area contributed by atoms with Gasteiger partial charge in [0.15, 0.2) is 0 Å². The van der Waals surface area contributed by atoms with Crippen LogP contribution in [0.3, 0.4) is 0 Å². The molecule has 2 fully saturated rings. The second-order valence-corrected chi connectivity index (χ2v) is 9.98. The molecular weight excluding hydrogens is 436 g/mol. The summed E-state index contributed by atoms with van der Waals surface area (Å²) in [6.45, 7) is 6.05. The van der Waals surface area contributed by atoms with Gasteiger partial charge in [-0.15, -0.1) is 0 Å². The maximum atomic E-state index is 12.7. The van der Waals surface area contributed by atoms with Crippen molar-refractivity contribution in [2.45, 2.75) is 83.0 Å². The summed E-state index contributed by atoms with van der Waals surface area (Å²) in [5.74, 6) is 0.635. The smallest absolute Gasteiger partial charge is 0.326 e. The maximum Gasteiger partial charge on any atom is 0.326 e. The number of carbonyl (C=O) groups excluding carboxylic acids is 1. The number of urea groups is 1. The standard InChI is InChI=1S/C25H38N4O5/c1-16-14-33-15-17(2)29(16)25(32)28-22(24(30)31)9-11-34-21-12-18(13-21)5-7-20-8-6-19-4-3-10-26-23(19)27-20/h6,8,16-18,21-22H,3-5,7,9-15H2,1-2H3,(H,26,27)(H,28,32)(H,30,31)/t16-,17+,18-,21+,22-/m0/s1. The highest BCUT2D eigenvalue weighted by molar-refractivity contribution is 5.83. The van der Waals surface area contributed by atoms with E-state index in [2.05, 4.69) is 22.8 Å². The lowest BCUT2D eigenvalue weighted by Gasteiger charge is -2.39. The molecule has 9 heteroatoms. The monoisotopic (exact) mass is 474 g/mol. The van der Waals surface area contributed by atoms with E-state index in [1.165, 1.54) is 12.0 Å². The summed E-state index contributed by atoms with van der Waals surface area (Å²) in [5, 5.41) is 15.6. The van der Waals surface area contributed by atoms with Crippen molar-refractivity contribution in [2.24, 2.45) is 5.92 Å². The Kier molecular flexibility index (Phi) is 8.26. The molecule has 1 saturated heterocycles. The first-order chi connectivity index (χ1) is 16.4. The van der Waals surface area contributed by atoms with Gasteiger partial charge in [-0.05, 0) is 69.9 Å². The topological polar surface area (TPSA) is 113 Å². The highest BCUT2D eigenvalue weighted by Crippen LogP contribution is 2.34. The third-order valence-electron chi connectivity index (χ3n) is 7.21. The number of fused-ring (bicyclic) bond motifs is 1. The van der Waals surface area contributed by atoms with Gasteiger partial charge < -0.3 is 30.1 Å². The molecule has 9 nitrogen and oxygen atoms in total. The van der Waals surface area contributed by atoms with Gasteiger partial charge in [-0.2, -0.15) is 0 Å². The number of nitrogens with one attached hydrogen (secondary N) is 2. The molecule has 188 valence electrons. The highest BCUT2D eigenvalue weighted by Gasteiger charge is 2.33. The summed E-state index contributed by atoms with van der Waals surface area (Å²) in [6, 6.07) is 2.86. The second-order valence-electron chi connectivity index (χ2n) is 9.98. The van der Waals surface area contributed by atoms with Crippen molar-refractivity contribution in [3.63, 3.8) is 0 Å². The van der Waals surface area contributed by atoms with E-state index < -0.39 is 12.0 Å². The van der Waals surface area contributed by atoms with E-state index in [1.54, 1.807) is 4.90 Å². The van der Waals surface area contributed by atoms with E-state index in [9.17, 15) is 14.7 Å². The van der Waals surface area contributed by atoms with Gasteiger partial charge in [0.25, 0.3) is 0 Å². The van der Waals surface area contributed by atoms with E-state index in [4.69, 9.17) is 14.5 Å². The van der Waals surface area contributed by atoms with Crippen LogP contribution < -0.4 is 10.6 Å². The number of morpholine rings is 1. The number of aryl methyl sites for hydroxylation is 2. The first kappa shape index (κ1) is 24.7. The predicted molar refractivity (Wildman–Crippen MR) is 128 cm³/mol. The third kappa shape index (κ3) is 6.18. The van der Waals surface area contributed by atoms with Crippen molar-refractivity contribution in [2.75, 3.05) is 31.7 Å². The van der Waals surface area contributed by atoms with Crippen LogP contribution in [0.5, 0.6) is 0 Å². The maximum absolute atomic E-state index is 12.7. The van der Waals surface area contributed by atoms with Crippen LogP contribution in [-0.4, -0.2) is 77.6 Å². The number of aliphatic carboxylic acids is 1. The van der Waals surface area contributed by atoms with Crippen molar-refractivity contribution in [3.05, 3.63) is 23.4 Å². The molecule has 4 rings (SSSR count). The molecule has 1 aromatic heterocycles. The Morgan fingerprint density at radius 1 is 1.29 bits per heavy atom. The van der Waals surface area contributed by atoms with Crippen molar-refractivity contribution in [1.29, 1.82) is 0 Å². The average molecular weight is 475 g/mol. The molecule has 1 saturated carbocycles. The fraction of sp³-hybridized carbons (Fsp3) is 0.720. The fourth-order valence-corrected chi connectivity index (χ4v) is 5.14. The molecule has 0 bridgehead atoms. The lowest BCUT2D eigenvalue weighted by Crippen LogP contribution is -2.58. The van der Waals surface area contributed by atoms with E-state index in [0.29, 0.717) is 25.7 Å². The summed E-state index contributed by atoms with van der Waals surface area (Å²) in [5.41, 5.74) is 2.46. The summed E-state index contributed by atoms with van der Waals surface area (Å²) in [4.78, 5) is 30.8. The number of rotatable bonds is 9. The summed E-state index contributed by atoms with van der Waals surface area (Å²) in [7, 11) is 0. The molecule has 1 aliphatic carbocycles. The number of carbonyl (C=O) groups is 2. The van der Waals surface area contributed by atoms with Crippen LogP contribution in [0, 0.1) is 5.92 Å². The van der Waals surface area contributed by atoms with Crippen molar-refractivity contribution < 1.29 is 24.2 Å². The lowest BCUT2D eigenvalue weighted by atomic mass is 9.79. The van der Waals surface area contributed by atoms with Gasteiger partial charge in [-0.25, -0.2) is 14.6 Å². The van der Waals surface area contributed by atoms with Crippen molar-refractivity contribution >= 4 is 17.8 Å². The first-order valence-electron chi connectivity index (χ1n) is 12.6. The molecule has 1 aromatic rings. The predicted octanol–water partition coefficient (Wildman–Crippen LogP) is 2.83. The number of carboxylic acid groups (broad SMARTS) is 1. The first-order valence-corrected chi connectivity index (χ1v) is 12.6. The summed E-state index contributed by atoms with van der Waals surface area (Å²) < 4.78 is 11.4. The Bertz CT molecular complexity index is 850. The van der Waals surface area contributed by atoms with Gasteiger partial charge >= 0.3 is 12.0 Å². The number of pyridine rings is 1. The lowest BCUT2D eigenvalue weighted by molar-refractivity contribution is -0.140. The van der Waals surface area contributed by atoms with Crippen LogP contribution in [0.2, 0.25) is 0 Å². The number of nitrogens with zero attached hydrogens (tertiary/aromatic N) is 2. The number of amides is 2. The molecule has 3 atom stereocenters. The Hall–Kier alpha value is -2.39. The van der Waals surface area contributed by atoms with Crippen LogP contribution in [-0.2, 0) is 27.1 Å². The van der Waals surface area contributed by atoms with Gasteiger partial charge in [0, 0.05) is 25.3 Å². The number of hydrogen-bond acceptors (Lipinski definition) is 6. The van der Waals surface area contributed by atoms with E-state index in [0.717, 1.165) is 50.2 Å². The van der Waals surface area contributed by atoms with E-state index >= 15 is 0 Å². The highest BCUT2D eigenvalue weighted by atomic mass is 16.5. The number of hydrogen-bond donors (Lipinski definition) is 3. The Balaban J connectivity index is 1.14. The molecule has 0 radical (unpaired) electrons. The number of anilines is 1. The molecular formula is C25H38N4O5. The van der Waals surface area contributed by atoms with Crippen LogP contribution >= 0.6 is 0 Å². The molecule has 0 aromatic carbocycles. The zero-order chi connectivity index (χ0) is 24.1. The zero-order valence-electron chi connectivity index (χ0n) is 20.3. The molecule has 3 aliphatic rings. The number of carboxylic acids is 1. The van der Waals surface area contributed by atoms with Crippen molar-refractivity contribution in [3.8, 4) is 0 Å². The van der Waals surface area contributed by atoms with Crippen molar-refractivity contribution in [1.82, 2.24) is 15.2 Å². The van der Waals surface area contributed by atoms with Gasteiger partial charge in [0.05, 0.1) is 31.4 Å². The second kappa shape index (κ2) is 11.4. The largest absolute Gasteiger partial charge is 0.480 e. The number of ether oxygens (including phenoxy) is 2. The minimum absolute atomic E-state index is 0.0888. The molecule has 0 spiro atoms. The SMILES string of the molecule is C[C@@H]1COC[C@H](C)N1C(=O)N[C@@H](CCO[C@H]1C[C@@H](CCc2ccc3c(n2)NCCC3)C1)C(=O)O. The molecule has 0 unspecified atom stereocenters. The fourth-order valence-electron chi connectivity index (χ4n) is 5.14. The minimum atomic E-state index is -1.04. The summed E-state index contributed by atoms with van der Waals surface area (Å²) in [6.07, 6.45) is 6.76. The van der Waals surface area contributed by atoms with Gasteiger partial charge in [0.2, 0.25) is 0 Å². The average Bonchev–Trinajstić information content (AvgIpc) is 2.78. The molecule has 2 aliphatic heterocycles.